The van der Waals surface area contributed by atoms with E-state index in [0.717, 1.165) is 11.8 Å². The Morgan fingerprint density at radius 2 is 1.78 bits per heavy atom. The second-order valence-corrected chi connectivity index (χ2v) is 4.62. The first-order chi connectivity index (χ1) is 8.81. The molecule has 2 aliphatic rings. The zero-order chi connectivity index (χ0) is 12.4. The largest absolute Gasteiger partial charge is 0.478 e. The van der Waals surface area contributed by atoms with Crippen LogP contribution in [0.4, 0.5) is 0 Å². The maximum Gasteiger partial charge on any atom is 0.193 e. The summed E-state index contributed by atoms with van der Waals surface area (Å²) in [5.74, 6) is 1.48. The molecule has 0 bridgehead atoms. The Balaban J connectivity index is 1.67. The highest BCUT2D eigenvalue weighted by atomic mass is 16.5. The fourth-order valence-electron chi connectivity index (χ4n) is 2.13. The lowest BCUT2D eigenvalue weighted by Crippen LogP contribution is -2.08. The third kappa shape index (κ3) is 2.37. The predicted molar refractivity (Wildman–Crippen MR) is 70.0 cm³/mol. The van der Waals surface area contributed by atoms with Gasteiger partial charge in [-0.1, -0.05) is 30.3 Å². The van der Waals surface area contributed by atoms with Gasteiger partial charge in [-0.15, -0.1) is 0 Å². The average molecular weight is 244 g/mol. The normalized spacial score (nSPS) is 26.3. The van der Waals surface area contributed by atoms with Crippen molar-refractivity contribution in [1.29, 1.82) is 0 Å². The van der Waals surface area contributed by atoms with Crippen molar-refractivity contribution in [3.05, 3.63) is 35.9 Å². The Kier molecular flexibility index (Phi) is 3.00. The topological polar surface area (TPSA) is 43.2 Å². The lowest BCUT2D eigenvalue weighted by molar-refractivity contribution is 0.302. The molecule has 0 amide bonds. The molecule has 0 N–H and O–H groups in total. The van der Waals surface area contributed by atoms with E-state index in [1.54, 1.807) is 0 Å². The Bertz CT molecular complexity index is 482. The Hall–Kier alpha value is -1.84. The van der Waals surface area contributed by atoms with E-state index in [-0.39, 0.29) is 12.1 Å². The molecule has 0 aliphatic carbocycles. The van der Waals surface area contributed by atoms with Crippen LogP contribution in [0.25, 0.3) is 0 Å². The Morgan fingerprint density at radius 1 is 1.06 bits per heavy atom. The molecule has 0 saturated heterocycles. The van der Waals surface area contributed by atoms with Crippen molar-refractivity contribution in [2.45, 2.75) is 25.4 Å². The number of ether oxygens (including phenoxy) is 2. The molecule has 0 aromatic heterocycles. The van der Waals surface area contributed by atoms with E-state index in [1.165, 1.54) is 5.56 Å². The van der Waals surface area contributed by atoms with Crippen LogP contribution in [0.15, 0.2) is 40.3 Å². The molecule has 2 aliphatic heterocycles. The zero-order valence-corrected chi connectivity index (χ0v) is 10.4. The van der Waals surface area contributed by atoms with E-state index in [4.69, 9.17) is 9.47 Å². The first-order valence-corrected chi connectivity index (χ1v) is 6.25. The molecule has 4 nitrogen and oxygen atoms in total. The van der Waals surface area contributed by atoms with Crippen LogP contribution in [0.1, 0.15) is 24.9 Å². The van der Waals surface area contributed by atoms with Gasteiger partial charge < -0.3 is 9.47 Å². The average Bonchev–Trinajstić information content (AvgIpc) is 3.01. The van der Waals surface area contributed by atoms with Gasteiger partial charge in [0, 0.05) is 0 Å². The Labute approximate surface area is 106 Å². The molecule has 0 spiro atoms. The highest BCUT2D eigenvalue weighted by molar-refractivity contribution is 5.98. The molecule has 2 unspecified atom stereocenters. The molecule has 2 heterocycles. The van der Waals surface area contributed by atoms with Gasteiger partial charge in [-0.3, -0.25) is 0 Å². The van der Waals surface area contributed by atoms with Crippen molar-refractivity contribution < 1.29 is 9.47 Å². The summed E-state index contributed by atoms with van der Waals surface area (Å²) in [7, 11) is 0. The quantitative estimate of drug-likeness (QED) is 0.819. The fourth-order valence-corrected chi connectivity index (χ4v) is 2.13. The molecular formula is C14H16N2O2. The highest BCUT2D eigenvalue weighted by Gasteiger charge is 2.24. The smallest absolute Gasteiger partial charge is 0.193 e. The van der Waals surface area contributed by atoms with Crippen LogP contribution in [0.2, 0.25) is 0 Å². The van der Waals surface area contributed by atoms with Gasteiger partial charge in [0.05, 0.1) is 12.5 Å². The van der Waals surface area contributed by atoms with Gasteiger partial charge in [0.25, 0.3) is 0 Å². The third-order valence-corrected chi connectivity index (χ3v) is 3.05. The third-order valence-electron chi connectivity index (χ3n) is 3.05. The number of aliphatic imine (C=N–C) groups is 2. The van der Waals surface area contributed by atoms with E-state index in [1.807, 2.05) is 25.1 Å². The van der Waals surface area contributed by atoms with Gasteiger partial charge in [-0.2, -0.15) is 0 Å². The summed E-state index contributed by atoms with van der Waals surface area (Å²) in [5.41, 5.74) is 1.19. The summed E-state index contributed by atoms with van der Waals surface area (Å²) in [6, 6.07) is 10.6. The van der Waals surface area contributed by atoms with Crippen molar-refractivity contribution in [2.24, 2.45) is 9.98 Å². The summed E-state index contributed by atoms with van der Waals surface area (Å²) in [4.78, 5) is 8.96. The van der Waals surface area contributed by atoms with E-state index >= 15 is 0 Å². The SMILES string of the molecule is CC1COC(CC2=NC(c3ccccc3)CO2)=N1. The van der Waals surface area contributed by atoms with Crippen molar-refractivity contribution in [3.63, 3.8) is 0 Å². The number of nitrogens with zero attached hydrogens (tertiary/aromatic N) is 2. The van der Waals surface area contributed by atoms with Gasteiger partial charge in [0.1, 0.15) is 19.3 Å². The van der Waals surface area contributed by atoms with E-state index in [0.29, 0.717) is 19.6 Å². The van der Waals surface area contributed by atoms with Gasteiger partial charge in [-0.05, 0) is 12.5 Å². The summed E-state index contributed by atoms with van der Waals surface area (Å²) < 4.78 is 11.1. The van der Waals surface area contributed by atoms with Crippen LogP contribution in [-0.2, 0) is 9.47 Å². The second kappa shape index (κ2) is 4.80. The minimum Gasteiger partial charge on any atom is -0.478 e. The predicted octanol–water partition coefficient (Wildman–Crippen LogP) is 2.36. The summed E-state index contributed by atoms with van der Waals surface area (Å²) in [5, 5.41) is 0. The van der Waals surface area contributed by atoms with Crippen LogP contribution >= 0.6 is 0 Å². The summed E-state index contributed by atoms with van der Waals surface area (Å²) in [6.07, 6.45) is 0.577. The molecule has 3 rings (SSSR count). The molecule has 4 heteroatoms. The van der Waals surface area contributed by atoms with E-state index in [9.17, 15) is 0 Å². The molecule has 0 fully saturated rings. The van der Waals surface area contributed by atoms with Crippen molar-refractivity contribution in [1.82, 2.24) is 0 Å². The van der Waals surface area contributed by atoms with E-state index in [2.05, 4.69) is 22.1 Å². The first-order valence-electron chi connectivity index (χ1n) is 6.25. The molecule has 94 valence electrons. The monoisotopic (exact) mass is 244 g/mol. The lowest BCUT2D eigenvalue weighted by Gasteiger charge is -2.03. The van der Waals surface area contributed by atoms with Crippen LogP contribution < -0.4 is 0 Å². The number of benzene rings is 1. The van der Waals surface area contributed by atoms with Crippen LogP contribution in [-0.4, -0.2) is 31.1 Å². The van der Waals surface area contributed by atoms with Gasteiger partial charge in [0.2, 0.25) is 0 Å². The molecule has 1 aromatic carbocycles. The zero-order valence-electron chi connectivity index (χ0n) is 10.4. The highest BCUT2D eigenvalue weighted by Crippen LogP contribution is 2.24. The minimum atomic E-state index is 0.112. The summed E-state index contributed by atoms with van der Waals surface area (Å²) >= 11 is 0. The maximum absolute atomic E-state index is 5.61. The lowest BCUT2D eigenvalue weighted by atomic mass is 10.1. The van der Waals surface area contributed by atoms with Gasteiger partial charge in [-0.25, -0.2) is 9.98 Å². The van der Waals surface area contributed by atoms with Crippen molar-refractivity contribution in [2.75, 3.05) is 13.2 Å². The van der Waals surface area contributed by atoms with Crippen LogP contribution in [0, 0.1) is 0 Å². The molecule has 0 saturated carbocycles. The van der Waals surface area contributed by atoms with Crippen molar-refractivity contribution >= 4 is 11.8 Å². The molecule has 1 aromatic rings. The molecule has 0 radical (unpaired) electrons. The standard InChI is InChI=1S/C14H16N2O2/c1-10-8-17-13(15-10)7-14-16-12(9-18-14)11-5-3-2-4-6-11/h2-6,10,12H,7-9H2,1H3. The second-order valence-electron chi connectivity index (χ2n) is 4.62. The van der Waals surface area contributed by atoms with Crippen molar-refractivity contribution in [3.8, 4) is 0 Å². The molecular weight excluding hydrogens is 228 g/mol. The number of hydrogen-bond acceptors (Lipinski definition) is 4. The number of hydrogen-bond donors (Lipinski definition) is 0. The first kappa shape index (κ1) is 11.3. The maximum atomic E-state index is 5.61. The Morgan fingerprint density at radius 3 is 2.50 bits per heavy atom. The summed E-state index contributed by atoms with van der Waals surface area (Å²) in [6.45, 7) is 3.32. The van der Waals surface area contributed by atoms with Crippen LogP contribution in [0.3, 0.4) is 0 Å². The molecule has 2 atom stereocenters. The number of rotatable bonds is 3. The fraction of sp³-hybridized carbons (Fsp3) is 0.429. The van der Waals surface area contributed by atoms with Crippen LogP contribution in [0.5, 0.6) is 0 Å². The van der Waals surface area contributed by atoms with E-state index < -0.39 is 0 Å². The van der Waals surface area contributed by atoms with Gasteiger partial charge in [0.15, 0.2) is 11.8 Å². The molecule has 18 heavy (non-hydrogen) atoms. The van der Waals surface area contributed by atoms with Gasteiger partial charge >= 0.3 is 0 Å². The minimum absolute atomic E-state index is 0.112.